The van der Waals surface area contributed by atoms with Gasteiger partial charge in [0.1, 0.15) is 5.82 Å². The van der Waals surface area contributed by atoms with Crippen molar-refractivity contribution in [3.8, 4) is 23.3 Å². The minimum absolute atomic E-state index is 0.00838. The Morgan fingerprint density at radius 1 is 1.00 bits per heavy atom. The van der Waals surface area contributed by atoms with Gasteiger partial charge < -0.3 is 19.9 Å². The van der Waals surface area contributed by atoms with E-state index in [9.17, 15) is 10.1 Å². The van der Waals surface area contributed by atoms with E-state index in [0.29, 0.717) is 52.6 Å². The minimum atomic E-state index is -0.649. The van der Waals surface area contributed by atoms with Crippen LogP contribution in [0.2, 0.25) is 0 Å². The van der Waals surface area contributed by atoms with Crippen LogP contribution in [0.15, 0.2) is 65.1 Å². The predicted molar refractivity (Wildman–Crippen MR) is 132 cm³/mol. The van der Waals surface area contributed by atoms with Gasteiger partial charge in [-0.3, -0.25) is 9.80 Å². The number of hydrogen-bond acceptors (Lipinski definition) is 8. The second-order valence-electron chi connectivity index (χ2n) is 8.76. The first kappa shape index (κ1) is 24.2. The summed E-state index contributed by atoms with van der Waals surface area (Å²) >= 11 is 0. The predicted octanol–water partition coefficient (Wildman–Crippen LogP) is 3.68. The number of ketones is 1. The van der Waals surface area contributed by atoms with Crippen molar-refractivity contribution in [3.05, 3.63) is 76.3 Å². The number of methoxy groups -OCH3 is 3. The Morgan fingerprint density at radius 2 is 1.63 bits per heavy atom. The van der Waals surface area contributed by atoms with Gasteiger partial charge in [-0.2, -0.15) is 5.26 Å². The van der Waals surface area contributed by atoms with Crippen molar-refractivity contribution >= 4 is 5.78 Å². The molecule has 2 aliphatic rings. The zero-order valence-corrected chi connectivity index (χ0v) is 20.7. The molecule has 1 aliphatic carbocycles. The van der Waals surface area contributed by atoms with Gasteiger partial charge >= 0.3 is 0 Å². The quantitative estimate of drug-likeness (QED) is 0.677. The molecule has 0 bridgehead atoms. The van der Waals surface area contributed by atoms with Crippen molar-refractivity contribution in [1.29, 1.82) is 5.26 Å². The number of benzene rings is 2. The fourth-order valence-corrected chi connectivity index (χ4v) is 5.13. The van der Waals surface area contributed by atoms with Crippen LogP contribution < -0.4 is 19.9 Å². The molecule has 2 aromatic carbocycles. The number of rotatable bonds is 6. The number of hydrogen-bond donors (Lipinski definition) is 1. The molecule has 0 radical (unpaired) electrons. The fraction of sp³-hybridized carbons (Fsp3) is 0.333. The molecule has 0 fully saturated rings. The molecule has 2 atom stereocenters. The SMILES string of the molecule is COc1cc([C@H]2C(C#N)=C(N)N(N(C)C)C3=C2C(=O)C[C@H](c2ccccc2)C3)cc(OC)c1OC. The number of allylic oxidation sites excluding steroid dienone is 3. The number of hydrazine groups is 1. The summed E-state index contributed by atoms with van der Waals surface area (Å²) in [5, 5.41) is 13.8. The second kappa shape index (κ2) is 9.72. The summed E-state index contributed by atoms with van der Waals surface area (Å²) in [5.41, 5.74) is 10.1. The van der Waals surface area contributed by atoms with Crippen molar-refractivity contribution in [2.75, 3.05) is 35.4 Å². The molecular formula is C27H30N4O4. The van der Waals surface area contributed by atoms with E-state index in [0.717, 1.165) is 11.3 Å². The first-order valence-corrected chi connectivity index (χ1v) is 11.3. The average Bonchev–Trinajstić information content (AvgIpc) is 2.87. The van der Waals surface area contributed by atoms with Gasteiger partial charge in [-0.1, -0.05) is 30.3 Å². The Bertz CT molecular complexity index is 1220. The lowest BCUT2D eigenvalue weighted by molar-refractivity contribution is -0.117. The molecule has 0 spiro atoms. The molecule has 8 heteroatoms. The van der Waals surface area contributed by atoms with E-state index in [1.54, 1.807) is 17.1 Å². The highest BCUT2D eigenvalue weighted by Gasteiger charge is 2.43. The van der Waals surface area contributed by atoms with E-state index in [-0.39, 0.29) is 11.7 Å². The maximum absolute atomic E-state index is 13.8. The van der Waals surface area contributed by atoms with Crippen LogP contribution >= 0.6 is 0 Å². The molecule has 1 aliphatic heterocycles. The number of carbonyl (C=O) groups excluding carboxylic acids is 1. The lowest BCUT2D eigenvalue weighted by Crippen LogP contribution is -2.46. The summed E-state index contributed by atoms with van der Waals surface area (Å²) < 4.78 is 16.6. The number of Topliss-reactive ketones (excluding diaryl/α,β-unsaturated/α-hetero) is 1. The number of nitrogens with zero attached hydrogens (tertiary/aromatic N) is 3. The minimum Gasteiger partial charge on any atom is -0.493 e. The number of nitrogens with two attached hydrogens (primary N) is 1. The first-order valence-electron chi connectivity index (χ1n) is 11.3. The molecule has 0 unspecified atom stereocenters. The molecule has 182 valence electrons. The number of nitriles is 1. The van der Waals surface area contributed by atoms with E-state index in [4.69, 9.17) is 19.9 Å². The zero-order valence-electron chi connectivity index (χ0n) is 20.7. The van der Waals surface area contributed by atoms with Crippen LogP contribution in [0.1, 0.15) is 35.8 Å². The smallest absolute Gasteiger partial charge is 0.203 e. The molecule has 0 saturated heterocycles. The molecule has 4 rings (SSSR count). The molecule has 1 heterocycles. The van der Waals surface area contributed by atoms with Crippen LogP contribution in [0, 0.1) is 11.3 Å². The van der Waals surface area contributed by atoms with Crippen LogP contribution in [-0.4, -0.2) is 51.2 Å². The molecule has 0 aromatic heterocycles. The third kappa shape index (κ3) is 4.08. The van der Waals surface area contributed by atoms with E-state index in [2.05, 4.69) is 6.07 Å². The topological polar surface area (TPSA) is 101 Å². The van der Waals surface area contributed by atoms with Gasteiger partial charge in [0.15, 0.2) is 17.3 Å². The summed E-state index contributed by atoms with van der Waals surface area (Å²) in [6.45, 7) is 0. The van der Waals surface area contributed by atoms with Gasteiger partial charge in [0, 0.05) is 31.8 Å². The fourth-order valence-electron chi connectivity index (χ4n) is 5.13. The van der Waals surface area contributed by atoms with Crippen LogP contribution in [0.4, 0.5) is 0 Å². The Kier molecular flexibility index (Phi) is 6.72. The Labute approximate surface area is 205 Å². The Balaban J connectivity index is 1.94. The number of ether oxygens (including phenoxy) is 3. The molecule has 35 heavy (non-hydrogen) atoms. The molecule has 2 aromatic rings. The van der Waals surface area contributed by atoms with Crippen LogP contribution in [0.3, 0.4) is 0 Å². The third-order valence-corrected chi connectivity index (χ3v) is 6.63. The molecule has 0 saturated carbocycles. The molecule has 8 nitrogen and oxygen atoms in total. The van der Waals surface area contributed by atoms with Crippen molar-refractivity contribution in [3.63, 3.8) is 0 Å². The van der Waals surface area contributed by atoms with Gasteiger partial charge in [0.25, 0.3) is 0 Å². The lowest BCUT2D eigenvalue weighted by Gasteiger charge is -2.44. The highest BCUT2D eigenvalue weighted by Crippen LogP contribution is 2.50. The largest absolute Gasteiger partial charge is 0.493 e. The van der Waals surface area contributed by atoms with Crippen molar-refractivity contribution in [1.82, 2.24) is 10.0 Å². The average molecular weight is 475 g/mol. The van der Waals surface area contributed by atoms with Gasteiger partial charge in [0.05, 0.1) is 38.9 Å². The third-order valence-electron chi connectivity index (χ3n) is 6.63. The van der Waals surface area contributed by atoms with Crippen molar-refractivity contribution in [2.24, 2.45) is 5.73 Å². The van der Waals surface area contributed by atoms with E-state index in [1.807, 2.05) is 49.4 Å². The summed E-state index contributed by atoms with van der Waals surface area (Å²) in [4.78, 5) is 13.8. The molecular weight excluding hydrogens is 444 g/mol. The highest BCUT2D eigenvalue weighted by molar-refractivity contribution is 6.00. The Morgan fingerprint density at radius 3 is 2.14 bits per heavy atom. The van der Waals surface area contributed by atoms with E-state index < -0.39 is 5.92 Å². The van der Waals surface area contributed by atoms with Crippen molar-refractivity contribution < 1.29 is 19.0 Å². The van der Waals surface area contributed by atoms with Gasteiger partial charge in [-0.15, -0.1) is 0 Å². The lowest BCUT2D eigenvalue weighted by atomic mass is 9.72. The molecule has 0 amide bonds. The normalized spacial score (nSPS) is 20.0. The highest BCUT2D eigenvalue weighted by atomic mass is 16.5. The van der Waals surface area contributed by atoms with Crippen LogP contribution in [-0.2, 0) is 4.79 Å². The van der Waals surface area contributed by atoms with E-state index >= 15 is 0 Å². The van der Waals surface area contributed by atoms with Gasteiger partial charge in [0.2, 0.25) is 5.75 Å². The second-order valence-corrected chi connectivity index (χ2v) is 8.76. The summed E-state index contributed by atoms with van der Waals surface area (Å²) in [6, 6.07) is 15.9. The van der Waals surface area contributed by atoms with E-state index in [1.165, 1.54) is 21.3 Å². The standard InChI is InChI=1S/C27H30N4O4/c1-30(2)31-20-11-17(16-9-7-6-8-10-16)12-21(32)25(20)24(19(15-28)27(31)29)18-13-22(33-3)26(35-5)23(14-18)34-4/h6-10,13-14,17,24H,11-12,29H2,1-5H3/t17-,24+/m1/s1. The van der Waals surface area contributed by atoms with Crippen LogP contribution in [0.5, 0.6) is 17.2 Å². The summed E-state index contributed by atoms with van der Waals surface area (Å²) in [7, 11) is 8.30. The summed E-state index contributed by atoms with van der Waals surface area (Å²) in [5.74, 6) is 0.988. The van der Waals surface area contributed by atoms with Gasteiger partial charge in [-0.25, -0.2) is 5.01 Å². The van der Waals surface area contributed by atoms with Crippen molar-refractivity contribution in [2.45, 2.75) is 24.7 Å². The maximum atomic E-state index is 13.8. The Hall–Kier alpha value is -3.96. The first-order chi connectivity index (χ1) is 16.9. The number of carbonyl (C=O) groups is 1. The van der Waals surface area contributed by atoms with Crippen LogP contribution in [0.25, 0.3) is 0 Å². The molecule has 2 N–H and O–H groups in total. The monoisotopic (exact) mass is 474 g/mol. The zero-order chi connectivity index (χ0) is 25.3. The van der Waals surface area contributed by atoms with Gasteiger partial charge in [-0.05, 0) is 35.6 Å². The summed E-state index contributed by atoms with van der Waals surface area (Å²) in [6.07, 6.45) is 0.966. The maximum Gasteiger partial charge on any atom is 0.203 e.